The van der Waals surface area contributed by atoms with Crippen LogP contribution in [0.4, 0.5) is 5.69 Å². The van der Waals surface area contributed by atoms with Gasteiger partial charge in [0.2, 0.25) is 0 Å². The summed E-state index contributed by atoms with van der Waals surface area (Å²) >= 11 is 0. The largest absolute Gasteiger partial charge is 0.369 e. The second-order valence-electron chi connectivity index (χ2n) is 7.59. The number of aromatic nitrogens is 2. The molecule has 2 aromatic rings. The molecule has 1 aliphatic rings. The first-order valence-electron chi connectivity index (χ1n) is 9.44. The van der Waals surface area contributed by atoms with Crippen molar-refractivity contribution in [2.75, 3.05) is 18.0 Å². The third kappa shape index (κ3) is 3.70. The Morgan fingerprint density at radius 1 is 1.31 bits per heavy atom. The minimum absolute atomic E-state index is 0.141. The van der Waals surface area contributed by atoms with E-state index in [0.29, 0.717) is 35.1 Å². The van der Waals surface area contributed by atoms with Crippen LogP contribution in [-0.2, 0) is 4.79 Å². The van der Waals surface area contributed by atoms with Gasteiger partial charge in [0.15, 0.2) is 0 Å². The van der Waals surface area contributed by atoms with Gasteiger partial charge in [0.1, 0.15) is 22.9 Å². The summed E-state index contributed by atoms with van der Waals surface area (Å²) in [6, 6.07) is 5.99. The molecule has 0 aliphatic carbocycles. The highest BCUT2D eigenvalue weighted by Gasteiger charge is 2.29. The van der Waals surface area contributed by atoms with Crippen LogP contribution in [0.3, 0.4) is 0 Å². The standard InChI is InChI=1S/C21H26N4O/c1-4-15(3)19(26)10-16-9-14(2)12-25(13-16)18-6-5-17(11-22)20-21(18)24-8-7-23-20/h5-8,14-16H,4,9-10,12-13H2,1-3H3/t14-,15?,16-/m0/s1. The molecule has 3 atom stereocenters. The number of rotatable bonds is 5. The van der Waals surface area contributed by atoms with E-state index in [1.54, 1.807) is 12.4 Å². The zero-order valence-electron chi connectivity index (χ0n) is 15.8. The van der Waals surface area contributed by atoms with Gasteiger partial charge in [0.25, 0.3) is 0 Å². The summed E-state index contributed by atoms with van der Waals surface area (Å²) in [4.78, 5) is 23.6. The Labute approximate surface area is 155 Å². The number of nitriles is 1. The van der Waals surface area contributed by atoms with Crippen LogP contribution in [-0.4, -0.2) is 28.8 Å². The fraction of sp³-hybridized carbons (Fsp3) is 0.524. The quantitative estimate of drug-likeness (QED) is 0.816. The number of ketones is 1. The van der Waals surface area contributed by atoms with E-state index in [2.05, 4.69) is 34.8 Å². The topological polar surface area (TPSA) is 69.9 Å². The summed E-state index contributed by atoms with van der Waals surface area (Å²) < 4.78 is 0. The Hall–Kier alpha value is -2.48. The number of carbonyl (C=O) groups is 1. The molecule has 1 unspecified atom stereocenters. The van der Waals surface area contributed by atoms with Crippen molar-refractivity contribution in [1.82, 2.24) is 9.97 Å². The van der Waals surface area contributed by atoms with Crippen molar-refractivity contribution >= 4 is 22.5 Å². The first-order chi connectivity index (χ1) is 12.5. The van der Waals surface area contributed by atoms with Crippen molar-refractivity contribution in [1.29, 1.82) is 5.26 Å². The second-order valence-corrected chi connectivity index (χ2v) is 7.59. The number of benzene rings is 1. The summed E-state index contributed by atoms with van der Waals surface area (Å²) in [5.41, 5.74) is 2.98. The lowest BCUT2D eigenvalue weighted by Gasteiger charge is -2.38. The molecule has 0 amide bonds. The summed E-state index contributed by atoms with van der Waals surface area (Å²) in [5, 5.41) is 9.33. The van der Waals surface area contributed by atoms with Crippen LogP contribution >= 0.6 is 0 Å². The van der Waals surface area contributed by atoms with E-state index in [1.165, 1.54) is 0 Å². The van der Waals surface area contributed by atoms with Crippen LogP contribution in [0.25, 0.3) is 11.0 Å². The van der Waals surface area contributed by atoms with E-state index in [1.807, 2.05) is 19.1 Å². The third-order valence-electron chi connectivity index (χ3n) is 5.46. The lowest BCUT2D eigenvalue weighted by atomic mass is 9.84. The lowest BCUT2D eigenvalue weighted by Crippen LogP contribution is -2.41. The Morgan fingerprint density at radius 2 is 2.04 bits per heavy atom. The van der Waals surface area contributed by atoms with Crippen LogP contribution in [0.5, 0.6) is 0 Å². The number of Topliss-reactive ketones (excluding diaryl/α,β-unsaturated/α-hetero) is 1. The van der Waals surface area contributed by atoms with Gasteiger partial charge in [-0.05, 0) is 36.8 Å². The first-order valence-corrected chi connectivity index (χ1v) is 9.44. The predicted molar refractivity (Wildman–Crippen MR) is 103 cm³/mol. The zero-order chi connectivity index (χ0) is 18.7. The van der Waals surface area contributed by atoms with Gasteiger partial charge >= 0.3 is 0 Å². The van der Waals surface area contributed by atoms with Gasteiger partial charge in [-0.25, -0.2) is 0 Å². The van der Waals surface area contributed by atoms with Gasteiger partial charge in [0, 0.05) is 37.8 Å². The van der Waals surface area contributed by atoms with E-state index in [-0.39, 0.29) is 5.92 Å². The molecule has 1 aromatic heterocycles. The molecular formula is C21H26N4O. The van der Waals surface area contributed by atoms with Crippen LogP contribution in [0, 0.1) is 29.1 Å². The van der Waals surface area contributed by atoms with Crippen molar-refractivity contribution in [3.63, 3.8) is 0 Å². The molecule has 1 aromatic carbocycles. The molecule has 0 saturated carbocycles. The van der Waals surface area contributed by atoms with Crippen molar-refractivity contribution in [3.05, 3.63) is 30.1 Å². The van der Waals surface area contributed by atoms with E-state index in [0.717, 1.165) is 37.1 Å². The monoisotopic (exact) mass is 350 g/mol. The van der Waals surface area contributed by atoms with Crippen LogP contribution in [0.2, 0.25) is 0 Å². The predicted octanol–water partition coefficient (Wildman–Crippen LogP) is 3.97. The maximum Gasteiger partial charge on any atom is 0.136 e. The number of fused-ring (bicyclic) bond motifs is 1. The minimum Gasteiger partial charge on any atom is -0.369 e. The fourth-order valence-electron chi connectivity index (χ4n) is 3.93. The van der Waals surface area contributed by atoms with Crippen molar-refractivity contribution in [2.45, 2.75) is 40.0 Å². The number of hydrogen-bond acceptors (Lipinski definition) is 5. The molecule has 0 N–H and O–H groups in total. The number of piperidine rings is 1. The van der Waals surface area contributed by atoms with Crippen molar-refractivity contribution < 1.29 is 4.79 Å². The van der Waals surface area contributed by atoms with E-state index in [4.69, 9.17) is 0 Å². The second kappa shape index (κ2) is 7.82. The zero-order valence-corrected chi connectivity index (χ0v) is 15.8. The summed E-state index contributed by atoms with van der Waals surface area (Å²) in [5.74, 6) is 1.39. The molecule has 5 heteroatoms. The van der Waals surface area contributed by atoms with Crippen LogP contribution < -0.4 is 4.90 Å². The highest BCUT2D eigenvalue weighted by atomic mass is 16.1. The molecule has 1 saturated heterocycles. The average Bonchev–Trinajstić information content (AvgIpc) is 2.65. The molecule has 3 rings (SSSR count). The molecule has 1 fully saturated rings. The van der Waals surface area contributed by atoms with E-state index >= 15 is 0 Å². The molecule has 0 bridgehead atoms. The Kier molecular flexibility index (Phi) is 5.51. The van der Waals surface area contributed by atoms with Gasteiger partial charge < -0.3 is 4.90 Å². The summed E-state index contributed by atoms with van der Waals surface area (Å²) in [6.45, 7) is 8.12. The highest BCUT2D eigenvalue weighted by Crippen LogP contribution is 2.33. The number of carbonyl (C=O) groups excluding carboxylic acids is 1. The number of anilines is 1. The molecule has 0 radical (unpaired) electrons. The molecule has 0 spiro atoms. The molecular weight excluding hydrogens is 324 g/mol. The normalized spacial score (nSPS) is 21.4. The fourth-order valence-corrected chi connectivity index (χ4v) is 3.93. The van der Waals surface area contributed by atoms with Gasteiger partial charge in [-0.15, -0.1) is 0 Å². The van der Waals surface area contributed by atoms with Gasteiger partial charge in [0.05, 0.1) is 11.3 Å². The lowest BCUT2D eigenvalue weighted by molar-refractivity contribution is -0.123. The third-order valence-corrected chi connectivity index (χ3v) is 5.46. The van der Waals surface area contributed by atoms with Crippen molar-refractivity contribution in [3.8, 4) is 6.07 Å². The molecule has 5 nitrogen and oxygen atoms in total. The molecule has 1 aliphatic heterocycles. The van der Waals surface area contributed by atoms with Gasteiger partial charge in [-0.1, -0.05) is 20.8 Å². The number of hydrogen-bond donors (Lipinski definition) is 0. The molecule has 26 heavy (non-hydrogen) atoms. The van der Waals surface area contributed by atoms with Crippen LogP contribution in [0.15, 0.2) is 24.5 Å². The minimum atomic E-state index is 0.141. The number of nitrogens with zero attached hydrogens (tertiary/aromatic N) is 4. The Balaban J connectivity index is 1.88. The SMILES string of the molecule is CCC(C)C(=O)C[C@@H]1C[C@H](C)CN(c2ccc(C#N)c3nccnc23)C1. The van der Waals surface area contributed by atoms with E-state index in [9.17, 15) is 10.1 Å². The molecule has 2 heterocycles. The van der Waals surface area contributed by atoms with Crippen LogP contribution in [0.1, 0.15) is 45.6 Å². The Morgan fingerprint density at radius 3 is 2.73 bits per heavy atom. The summed E-state index contributed by atoms with van der Waals surface area (Å²) in [6.07, 6.45) is 5.93. The van der Waals surface area contributed by atoms with E-state index < -0.39 is 0 Å². The molecule has 136 valence electrons. The summed E-state index contributed by atoms with van der Waals surface area (Å²) in [7, 11) is 0. The maximum atomic E-state index is 12.4. The average molecular weight is 350 g/mol. The van der Waals surface area contributed by atoms with Gasteiger partial charge in [-0.3, -0.25) is 14.8 Å². The Bertz CT molecular complexity index is 842. The van der Waals surface area contributed by atoms with Crippen molar-refractivity contribution in [2.24, 2.45) is 17.8 Å². The maximum absolute atomic E-state index is 12.4. The highest BCUT2D eigenvalue weighted by molar-refractivity contribution is 5.92. The van der Waals surface area contributed by atoms with Gasteiger partial charge in [-0.2, -0.15) is 5.26 Å². The smallest absolute Gasteiger partial charge is 0.136 e. The first kappa shape index (κ1) is 18.3.